The lowest BCUT2D eigenvalue weighted by Gasteiger charge is -2.39. The third kappa shape index (κ3) is 4.66. The molecule has 1 aliphatic heterocycles. The normalized spacial score (nSPS) is 20.7. The first-order chi connectivity index (χ1) is 8.53. The summed E-state index contributed by atoms with van der Waals surface area (Å²) in [5.41, 5.74) is 1.76. The van der Waals surface area contributed by atoms with E-state index in [1.165, 1.54) is 42.8 Å². The van der Waals surface area contributed by atoms with Crippen molar-refractivity contribution >= 4 is 11.8 Å². The summed E-state index contributed by atoms with van der Waals surface area (Å²) in [5, 5.41) is 0. The maximum atomic E-state index is 4.16. The number of likely N-dealkylation sites (tertiary alicyclic amines) is 1. The highest BCUT2D eigenvalue weighted by Gasteiger charge is 2.27. The molecule has 0 aliphatic carbocycles. The van der Waals surface area contributed by atoms with E-state index in [-0.39, 0.29) is 0 Å². The summed E-state index contributed by atoms with van der Waals surface area (Å²) in [6.45, 7) is 16.1. The summed E-state index contributed by atoms with van der Waals surface area (Å²) in [6, 6.07) is 0. The molecule has 0 aromatic rings. The van der Waals surface area contributed by atoms with Crippen molar-refractivity contribution in [2.24, 2.45) is 5.41 Å². The fourth-order valence-corrected chi connectivity index (χ4v) is 2.79. The number of piperidine rings is 1. The summed E-state index contributed by atoms with van der Waals surface area (Å²) in [4.78, 5) is 3.73. The molecular formula is C16H27NS. The molecule has 0 unspecified atom stereocenters. The molecule has 0 spiro atoms. The smallest absolute Gasteiger partial charge is 0.0228 e. The second kappa shape index (κ2) is 7.20. The van der Waals surface area contributed by atoms with Crippen LogP contribution in [0.1, 0.15) is 33.1 Å². The van der Waals surface area contributed by atoms with Gasteiger partial charge in [-0.1, -0.05) is 39.5 Å². The molecule has 1 heterocycles. The van der Waals surface area contributed by atoms with Gasteiger partial charge in [-0.3, -0.25) is 4.90 Å². The quantitative estimate of drug-likeness (QED) is 0.651. The van der Waals surface area contributed by atoms with E-state index >= 15 is 0 Å². The van der Waals surface area contributed by atoms with Crippen LogP contribution in [0.25, 0.3) is 0 Å². The molecule has 1 saturated heterocycles. The van der Waals surface area contributed by atoms with Crippen molar-refractivity contribution in [1.29, 1.82) is 0 Å². The molecule has 0 saturated carbocycles. The standard InChI is InChI=1S/C16H27NS/c1-6-15(18-5)12-14(3)13-17-10-8-16(4,7-2)9-11-17/h6,12H,1,3,7-11,13H2,2,4-5H3/b15-12+. The van der Waals surface area contributed by atoms with E-state index in [1.54, 1.807) is 11.8 Å². The highest BCUT2D eigenvalue weighted by molar-refractivity contribution is 8.02. The number of nitrogens with zero attached hydrogens (tertiary/aromatic N) is 1. The van der Waals surface area contributed by atoms with Gasteiger partial charge < -0.3 is 0 Å². The maximum absolute atomic E-state index is 4.16. The number of hydrogen-bond acceptors (Lipinski definition) is 2. The van der Waals surface area contributed by atoms with Crippen molar-refractivity contribution in [3.8, 4) is 0 Å². The van der Waals surface area contributed by atoms with E-state index in [2.05, 4.69) is 44.2 Å². The van der Waals surface area contributed by atoms with Crippen molar-refractivity contribution in [2.75, 3.05) is 25.9 Å². The fourth-order valence-electron chi connectivity index (χ4n) is 2.34. The van der Waals surface area contributed by atoms with Crippen molar-refractivity contribution in [3.63, 3.8) is 0 Å². The first kappa shape index (κ1) is 15.6. The zero-order valence-corrected chi connectivity index (χ0v) is 13.0. The van der Waals surface area contributed by atoms with Gasteiger partial charge in [-0.25, -0.2) is 0 Å². The minimum Gasteiger partial charge on any atom is -0.299 e. The molecule has 0 N–H and O–H groups in total. The van der Waals surface area contributed by atoms with Gasteiger partial charge in [-0.15, -0.1) is 11.8 Å². The van der Waals surface area contributed by atoms with Gasteiger partial charge in [0.1, 0.15) is 0 Å². The number of hydrogen-bond donors (Lipinski definition) is 0. The van der Waals surface area contributed by atoms with Gasteiger partial charge in [0.2, 0.25) is 0 Å². The van der Waals surface area contributed by atoms with Gasteiger partial charge in [-0.2, -0.15) is 0 Å². The molecular weight excluding hydrogens is 238 g/mol. The third-order valence-corrected chi connectivity index (χ3v) is 4.88. The Morgan fingerprint density at radius 1 is 1.39 bits per heavy atom. The van der Waals surface area contributed by atoms with E-state index in [0.717, 1.165) is 6.54 Å². The van der Waals surface area contributed by atoms with Crippen LogP contribution in [0.5, 0.6) is 0 Å². The predicted octanol–water partition coefficient (Wildman–Crippen LogP) is 4.49. The molecule has 2 heteroatoms. The van der Waals surface area contributed by atoms with Gasteiger partial charge in [-0.05, 0) is 49.3 Å². The molecule has 1 fully saturated rings. The van der Waals surface area contributed by atoms with Crippen LogP contribution in [0.3, 0.4) is 0 Å². The summed E-state index contributed by atoms with van der Waals surface area (Å²) < 4.78 is 0. The predicted molar refractivity (Wildman–Crippen MR) is 85.0 cm³/mol. The topological polar surface area (TPSA) is 3.24 Å². The first-order valence-corrected chi connectivity index (χ1v) is 8.03. The number of thioether (sulfide) groups is 1. The second-order valence-corrected chi connectivity index (χ2v) is 6.43. The minimum atomic E-state index is 0.569. The van der Waals surface area contributed by atoms with Crippen molar-refractivity contribution in [2.45, 2.75) is 33.1 Å². The summed E-state index contributed by atoms with van der Waals surface area (Å²) in [6.07, 6.45) is 10.1. The highest BCUT2D eigenvalue weighted by atomic mass is 32.2. The van der Waals surface area contributed by atoms with Crippen molar-refractivity contribution in [1.82, 2.24) is 4.90 Å². The molecule has 1 rings (SSSR count). The minimum absolute atomic E-state index is 0.569. The number of rotatable bonds is 6. The average Bonchev–Trinajstić information content (AvgIpc) is 2.39. The molecule has 0 aromatic carbocycles. The SMILES string of the molecule is C=C/C(=C\C(=C)CN1CCC(C)(CC)CC1)SC. The van der Waals surface area contributed by atoms with Crippen LogP contribution in [0.15, 0.2) is 35.8 Å². The first-order valence-electron chi connectivity index (χ1n) is 6.81. The van der Waals surface area contributed by atoms with Gasteiger partial charge >= 0.3 is 0 Å². The Kier molecular flexibility index (Phi) is 6.24. The fraction of sp³-hybridized carbons (Fsp3) is 0.625. The highest BCUT2D eigenvalue weighted by Crippen LogP contribution is 2.34. The Bertz CT molecular complexity index is 322. The van der Waals surface area contributed by atoms with Crippen molar-refractivity contribution < 1.29 is 0 Å². The summed E-state index contributed by atoms with van der Waals surface area (Å²) in [7, 11) is 0. The number of allylic oxidation sites excluding steroid dienone is 1. The maximum Gasteiger partial charge on any atom is 0.0228 e. The van der Waals surface area contributed by atoms with E-state index in [1.807, 2.05) is 6.08 Å². The van der Waals surface area contributed by atoms with Gasteiger partial charge in [0.15, 0.2) is 0 Å². The molecule has 0 bridgehead atoms. The lowest BCUT2D eigenvalue weighted by Crippen LogP contribution is -2.39. The van der Waals surface area contributed by atoms with Gasteiger partial charge in [0.05, 0.1) is 0 Å². The monoisotopic (exact) mass is 265 g/mol. The molecule has 0 atom stereocenters. The van der Waals surface area contributed by atoms with Crippen LogP contribution >= 0.6 is 11.8 Å². The molecule has 102 valence electrons. The Labute approximate surface area is 117 Å². The van der Waals surface area contributed by atoms with Crippen LogP contribution in [0.4, 0.5) is 0 Å². The van der Waals surface area contributed by atoms with Crippen molar-refractivity contribution in [3.05, 3.63) is 35.8 Å². The van der Waals surface area contributed by atoms with Crippen LogP contribution in [-0.2, 0) is 0 Å². The Balaban J connectivity index is 2.44. The van der Waals surface area contributed by atoms with Crippen LogP contribution in [0, 0.1) is 5.41 Å². The van der Waals surface area contributed by atoms with Crippen LogP contribution in [-0.4, -0.2) is 30.8 Å². The molecule has 1 nitrogen and oxygen atoms in total. The van der Waals surface area contributed by atoms with Crippen LogP contribution in [0.2, 0.25) is 0 Å². The molecule has 0 radical (unpaired) electrons. The van der Waals surface area contributed by atoms with Crippen LogP contribution < -0.4 is 0 Å². The Morgan fingerprint density at radius 3 is 2.44 bits per heavy atom. The van der Waals surface area contributed by atoms with E-state index in [4.69, 9.17) is 0 Å². The Morgan fingerprint density at radius 2 is 2.00 bits per heavy atom. The lowest BCUT2D eigenvalue weighted by atomic mass is 9.78. The molecule has 0 aromatic heterocycles. The van der Waals surface area contributed by atoms with Gasteiger partial charge in [0, 0.05) is 11.4 Å². The molecule has 1 aliphatic rings. The van der Waals surface area contributed by atoms with E-state index < -0.39 is 0 Å². The summed E-state index contributed by atoms with van der Waals surface area (Å²) >= 11 is 1.73. The zero-order chi connectivity index (χ0) is 13.6. The largest absolute Gasteiger partial charge is 0.299 e. The zero-order valence-electron chi connectivity index (χ0n) is 12.2. The van der Waals surface area contributed by atoms with E-state index in [9.17, 15) is 0 Å². The lowest BCUT2D eigenvalue weighted by molar-refractivity contribution is 0.123. The second-order valence-electron chi connectivity index (χ2n) is 5.55. The summed E-state index contributed by atoms with van der Waals surface area (Å²) in [5.74, 6) is 0. The van der Waals surface area contributed by atoms with E-state index in [0.29, 0.717) is 5.41 Å². The Hall–Kier alpha value is -0.470. The average molecular weight is 265 g/mol. The molecule has 18 heavy (non-hydrogen) atoms. The van der Waals surface area contributed by atoms with Gasteiger partial charge in [0.25, 0.3) is 0 Å². The molecule has 0 amide bonds. The third-order valence-electron chi connectivity index (χ3n) is 4.13.